The van der Waals surface area contributed by atoms with Crippen LogP contribution in [0.3, 0.4) is 0 Å². The summed E-state index contributed by atoms with van der Waals surface area (Å²) in [6, 6.07) is -1.80. The van der Waals surface area contributed by atoms with Gasteiger partial charge in [0.05, 0.1) is 70.9 Å². The molecule has 8 bridgehead atoms. The highest BCUT2D eigenvalue weighted by atomic mass is 19.2. The van der Waals surface area contributed by atoms with Crippen molar-refractivity contribution in [2.75, 3.05) is 26.4 Å². The zero-order valence-electron chi connectivity index (χ0n) is 69.6. The van der Waals surface area contributed by atoms with Crippen molar-refractivity contribution in [3.05, 3.63) is 392 Å². The largest absolute Gasteiger partial charge is 0.493 e. The number of ether oxygens (including phenoxy) is 4. The first-order valence-electron chi connectivity index (χ1n) is 39.7. The van der Waals surface area contributed by atoms with Gasteiger partial charge in [0.2, 0.25) is 46.5 Å². The average Bonchev–Trinajstić information content (AvgIpc) is 0.714. The van der Waals surface area contributed by atoms with Crippen molar-refractivity contribution >= 4 is 0 Å². The van der Waals surface area contributed by atoms with E-state index in [1.807, 2.05) is 0 Å². The van der Waals surface area contributed by atoms with E-state index >= 15 is 176 Å². The maximum Gasteiger partial charge on any atom is 0.200 e. The maximum absolute atomic E-state index is 17.3. The molecule has 0 unspecified atom stereocenters. The Kier molecular flexibility index (Phi) is 28.4. The Morgan fingerprint density at radius 3 is 0.336 bits per heavy atom. The molecule has 0 saturated heterocycles. The second-order valence-electron chi connectivity index (χ2n) is 31.0. The van der Waals surface area contributed by atoms with Gasteiger partial charge in [-0.15, -0.1) is 0 Å². The summed E-state index contributed by atoms with van der Waals surface area (Å²) in [7, 11) is 0. The van der Waals surface area contributed by atoms with Crippen LogP contribution in [0.2, 0.25) is 0 Å². The van der Waals surface area contributed by atoms with E-state index in [9.17, 15) is 20.4 Å². The lowest BCUT2D eigenvalue weighted by Crippen LogP contribution is -2.37. The van der Waals surface area contributed by atoms with Crippen molar-refractivity contribution in [3.8, 4) is 23.0 Å². The van der Waals surface area contributed by atoms with Crippen LogP contribution < -0.4 is 18.9 Å². The molecule has 0 heterocycles. The fourth-order valence-corrected chi connectivity index (χ4v) is 16.3. The van der Waals surface area contributed by atoms with Gasteiger partial charge in [0.1, 0.15) is 23.0 Å². The van der Waals surface area contributed by atoms with Crippen molar-refractivity contribution < 1.29 is 215 Å². The summed E-state index contributed by atoms with van der Waals surface area (Å²) in [5, 5.41) is 54.1. The molecule has 744 valence electrons. The molecule has 48 heteroatoms. The molecule has 0 atom stereocenters. The first-order valence-corrected chi connectivity index (χ1v) is 39.7. The molecule has 0 aromatic heterocycles. The smallest absolute Gasteiger partial charge is 0.200 e. The summed E-state index contributed by atoms with van der Waals surface area (Å²) < 4.78 is 686. The molecule has 0 saturated carbocycles. The first-order chi connectivity index (χ1) is 65.5. The van der Waals surface area contributed by atoms with E-state index in [0.717, 1.165) is 27.7 Å². The monoisotopic (exact) mass is 2040 g/mol. The Hall–Kier alpha value is -13.1. The Morgan fingerprint density at radius 1 is 0.164 bits per heavy atom. The van der Waals surface area contributed by atoms with Crippen molar-refractivity contribution in [2.24, 2.45) is 0 Å². The Morgan fingerprint density at radius 2 is 0.250 bits per heavy atom. The van der Waals surface area contributed by atoms with Crippen LogP contribution in [0, 0.1) is 233 Å². The second-order valence-corrected chi connectivity index (χ2v) is 31.0. The van der Waals surface area contributed by atoms with Gasteiger partial charge in [-0.25, -0.2) is 176 Å². The van der Waals surface area contributed by atoms with Crippen LogP contribution in [0.15, 0.2) is 48.5 Å². The molecule has 0 fully saturated rings. The van der Waals surface area contributed by atoms with E-state index in [2.05, 4.69) is 0 Å². The second kappa shape index (κ2) is 38.1. The number of hydrogen-bond donors (Lipinski definition) is 4. The van der Waals surface area contributed by atoms with Gasteiger partial charge in [0.25, 0.3) is 0 Å². The van der Waals surface area contributed by atoms with Gasteiger partial charge in [-0.1, -0.05) is 27.7 Å². The average molecular weight is 2040 g/mol. The molecule has 12 aromatic rings. The van der Waals surface area contributed by atoms with Gasteiger partial charge >= 0.3 is 0 Å². The SMILES string of the molecule is CCCOc1c2cc(C(O)(c3c(F)c(F)c(F)c(F)c3F)c3c(F)c(F)c(F)c(F)c3F)cc1Cc1cc(C(O)(c3c(F)c(F)c(F)c(F)c3F)c3c(F)c(F)c(F)c(F)c3F)cc(c1OCCC)Cc1cc(C(O)(c3c(F)c(F)c(F)c(F)c3F)c3c(F)c(F)c(F)c(F)c3F)cc(c1OCCC)Cc1cc(C(O)(c3c(F)c(F)c(F)c(F)c3F)c3c(F)c(F)c(F)c(F)c3F)cc(c1OCCC)C2. The number of fused-ring (bicyclic) bond motifs is 8. The molecular formula is C92H48F40O8. The molecule has 13 rings (SSSR count). The molecule has 4 N–H and O–H groups in total. The van der Waals surface area contributed by atoms with E-state index in [1.54, 1.807) is 0 Å². The number of halogens is 40. The molecule has 140 heavy (non-hydrogen) atoms. The molecule has 0 amide bonds. The minimum Gasteiger partial charge on any atom is -0.493 e. The quantitative estimate of drug-likeness (QED) is 0.0205. The molecule has 0 aliphatic heterocycles. The van der Waals surface area contributed by atoms with Crippen LogP contribution in [0.25, 0.3) is 0 Å². The van der Waals surface area contributed by atoms with Crippen molar-refractivity contribution in [2.45, 2.75) is 101 Å². The Bertz CT molecular complexity index is 5780. The highest BCUT2D eigenvalue weighted by Gasteiger charge is 2.56. The molecule has 0 spiro atoms. The fourth-order valence-electron chi connectivity index (χ4n) is 16.3. The van der Waals surface area contributed by atoms with Crippen molar-refractivity contribution in [3.63, 3.8) is 0 Å². The molecule has 0 radical (unpaired) electrons. The normalized spacial score (nSPS) is 12.7. The van der Waals surface area contributed by atoms with E-state index in [-0.39, 0.29) is 48.5 Å². The van der Waals surface area contributed by atoms with Gasteiger partial charge in [-0.3, -0.25) is 0 Å². The zero-order chi connectivity index (χ0) is 104. The number of aliphatic hydroxyl groups is 4. The molecule has 8 nitrogen and oxygen atoms in total. The van der Waals surface area contributed by atoms with Crippen LogP contribution in [0.4, 0.5) is 176 Å². The van der Waals surface area contributed by atoms with E-state index in [1.165, 1.54) is 0 Å². The number of benzene rings is 12. The zero-order valence-corrected chi connectivity index (χ0v) is 69.6. The molecule has 1 aliphatic carbocycles. The summed E-state index contributed by atoms with van der Waals surface area (Å²) in [6.45, 7) is -0.185. The number of hydrogen-bond acceptors (Lipinski definition) is 8. The summed E-state index contributed by atoms with van der Waals surface area (Å²) in [4.78, 5) is 0. The third-order valence-electron chi connectivity index (χ3n) is 22.5. The Labute approximate surface area is 756 Å². The van der Waals surface area contributed by atoms with Crippen molar-refractivity contribution in [1.29, 1.82) is 0 Å². The van der Waals surface area contributed by atoms with Crippen LogP contribution in [-0.2, 0) is 48.1 Å². The third kappa shape index (κ3) is 15.9. The minimum absolute atomic E-state index is 0.225. The highest BCUT2D eigenvalue weighted by Crippen LogP contribution is 2.56. The van der Waals surface area contributed by atoms with E-state index in [0.29, 0.717) is 0 Å². The highest BCUT2D eigenvalue weighted by molar-refractivity contribution is 5.66. The standard InChI is InChI=1S/C92H48F40O8/c1-5-9-137-85-25-13-27-19-34(90(134,39-49(97)65(113)79(127)66(114)50(39)98)40-51(99)67(115)80(128)68(116)52(40)100)21-29(86(27)138-10-6-2)15-31-23-36(92(136,43-57(105)73(121)83(131)74(122)58(43)106)44-59(107)75(123)84(132)76(124)60(44)108)24-32(88(31)140-12-8-4)16-30-22-35(91(135,41-53(101)69(117)81(129)70(118)54(41)102)42-55(103)71(119)82(130)72(120)56(42)104)20-28(87(30)139-11-7-3)14-26(85)18-33(17-25)89(133,37-45(93)61(109)77(125)62(110)46(37)94)38-47(95)63(111)78(126)64(112)48(38)96/h17-24,133-136H,5-16H2,1-4H3. The maximum atomic E-state index is 17.3. The van der Waals surface area contributed by atoms with Gasteiger partial charge < -0.3 is 39.4 Å². The third-order valence-corrected chi connectivity index (χ3v) is 22.5. The fraction of sp³-hybridized carbons (Fsp3) is 0.217. The summed E-state index contributed by atoms with van der Waals surface area (Å²) in [6.07, 6.45) is -11.0. The lowest BCUT2D eigenvalue weighted by Gasteiger charge is -2.35. The summed E-state index contributed by atoms with van der Waals surface area (Å²) in [5.74, 6) is -145. The summed E-state index contributed by atoms with van der Waals surface area (Å²) in [5.41, 5.74) is -70.4. The van der Waals surface area contributed by atoms with Crippen LogP contribution in [-0.4, -0.2) is 46.9 Å². The topological polar surface area (TPSA) is 118 Å². The summed E-state index contributed by atoms with van der Waals surface area (Å²) >= 11 is 0. The Balaban J connectivity index is 1.39. The van der Waals surface area contributed by atoms with Crippen molar-refractivity contribution in [1.82, 2.24) is 0 Å². The number of rotatable bonds is 24. The van der Waals surface area contributed by atoms with Crippen LogP contribution in [0.1, 0.15) is 165 Å². The van der Waals surface area contributed by atoms with Gasteiger partial charge in [-0.05, 0) is 141 Å². The van der Waals surface area contributed by atoms with Gasteiger partial charge in [0.15, 0.2) is 209 Å². The first kappa shape index (κ1) is 104. The molecule has 1 aliphatic rings. The lowest BCUT2D eigenvalue weighted by atomic mass is 9.75. The molecular weight excluding hydrogens is 1990 g/mol. The van der Waals surface area contributed by atoms with Crippen LogP contribution >= 0.6 is 0 Å². The molecule has 12 aromatic carbocycles. The van der Waals surface area contributed by atoms with E-state index < -0.39 is 467 Å². The predicted molar refractivity (Wildman–Crippen MR) is 398 cm³/mol. The minimum atomic E-state index is -5.61. The lowest BCUT2D eigenvalue weighted by molar-refractivity contribution is 0.100. The van der Waals surface area contributed by atoms with Gasteiger partial charge in [-0.2, -0.15) is 0 Å². The van der Waals surface area contributed by atoms with Gasteiger partial charge in [0, 0.05) is 25.7 Å². The predicted octanol–water partition coefficient (Wildman–Crippen LogP) is 24.2. The van der Waals surface area contributed by atoms with E-state index in [4.69, 9.17) is 18.9 Å². The van der Waals surface area contributed by atoms with Crippen LogP contribution in [0.5, 0.6) is 23.0 Å².